The first-order valence-electron chi connectivity index (χ1n) is 5.00. The fraction of sp³-hybridized carbons (Fsp3) is 0.0769. The highest BCUT2D eigenvalue weighted by atomic mass is 79.9. The molecule has 0 saturated carbocycles. The van der Waals surface area contributed by atoms with Crippen LogP contribution < -0.4 is 0 Å². The quantitative estimate of drug-likeness (QED) is 0.924. The Balaban J connectivity index is 2.34. The predicted molar refractivity (Wildman–Crippen MR) is 67.2 cm³/mol. The number of aliphatic hydroxyl groups is 1. The third-order valence-electron chi connectivity index (χ3n) is 2.45. The van der Waals surface area contributed by atoms with Gasteiger partial charge in [0.2, 0.25) is 0 Å². The van der Waals surface area contributed by atoms with Crippen LogP contribution >= 0.6 is 15.9 Å². The lowest BCUT2D eigenvalue weighted by Crippen LogP contribution is -2.00. The molecule has 1 N–H and O–H groups in total. The van der Waals surface area contributed by atoms with Gasteiger partial charge in [-0.3, -0.25) is 4.98 Å². The van der Waals surface area contributed by atoms with Crippen molar-refractivity contribution in [3.8, 4) is 6.07 Å². The van der Waals surface area contributed by atoms with Crippen LogP contribution in [0.3, 0.4) is 0 Å². The molecule has 0 radical (unpaired) electrons. The van der Waals surface area contributed by atoms with E-state index in [9.17, 15) is 5.11 Å². The molecule has 0 aliphatic heterocycles. The molecule has 84 valence electrons. The van der Waals surface area contributed by atoms with Crippen LogP contribution in [0.15, 0.2) is 47.2 Å². The molecule has 0 aliphatic carbocycles. The largest absolute Gasteiger partial charge is 0.384 e. The molecule has 0 spiro atoms. The summed E-state index contributed by atoms with van der Waals surface area (Å²) < 4.78 is 0.761. The fourth-order valence-corrected chi connectivity index (χ4v) is 1.99. The van der Waals surface area contributed by atoms with E-state index in [0.29, 0.717) is 5.56 Å². The van der Waals surface area contributed by atoms with Gasteiger partial charge < -0.3 is 5.11 Å². The Morgan fingerprint density at radius 1 is 1.24 bits per heavy atom. The molecule has 1 unspecified atom stereocenters. The molecule has 0 amide bonds. The molecule has 0 fully saturated rings. The van der Waals surface area contributed by atoms with E-state index in [1.807, 2.05) is 6.07 Å². The standard InChI is InChI=1S/C13H9BrN2O/c14-12-8-16-6-5-11(12)13(17)10-3-1-9(7-15)2-4-10/h1-6,8,13,17H. The number of nitriles is 1. The maximum Gasteiger partial charge on any atom is 0.105 e. The second-order valence-corrected chi connectivity index (χ2v) is 4.39. The van der Waals surface area contributed by atoms with Crippen LogP contribution in [0.4, 0.5) is 0 Å². The third kappa shape index (κ3) is 2.52. The lowest BCUT2D eigenvalue weighted by molar-refractivity contribution is 0.219. The van der Waals surface area contributed by atoms with Crippen LogP contribution in [-0.4, -0.2) is 10.1 Å². The van der Waals surface area contributed by atoms with Crippen LogP contribution in [0.5, 0.6) is 0 Å². The summed E-state index contributed by atoms with van der Waals surface area (Å²) >= 11 is 3.35. The number of aromatic nitrogens is 1. The van der Waals surface area contributed by atoms with E-state index in [2.05, 4.69) is 20.9 Å². The lowest BCUT2D eigenvalue weighted by atomic mass is 10.0. The monoisotopic (exact) mass is 288 g/mol. The zero-order valence-electron chi connectivity index (χ0n) is 8.84. The van der Waals surface area contributed by atoms with Gasteiger partial charge in [0, 0.05) is 22.4 Å². The van der Waals surface area contributed by atoms with E-state index >= 15 is 0 Å². The van der Waals surface area contributed by atoms with E-state index in [-0.39, 0.29) is 0 Å². The Kier molecular flexibility index (Phi) is 3.52. The molecule has 2 aromatic rings. The number of nitrogens with zero attached hydrogens (tertiary/aromatic N) is 2. The molecule has 1 heterocycles. The summed E-state index contributed by atoms with van der Waals surface area (Å²) in [5.41, 5.74) is 2.08. The second kappa shape index (κ2) is 5.09. The van der Waals surface area contributed by atoms with E-state index in [1.165, 1.54) is 0 Å². The van der Waals surface area contributed by atoms with Gasteiger partial charge >= 0.3 is 0 Å². The number of hydrogen-bond acceptors (Lipinski definition) is 3. The van der Waals surface area contributed by atoms with Gasteiger partial charge in [0.05, 0.1) is 11.6 Å². The lowest BCUT2D eigenvalue weighted by Gasteiger charge is -2.12. The highest BCUT2D eigenvalue weighted by Crippen LogP contribution is 2.27. The minimum Gasteiger partial charge on any atom is -0.384 e. The predicted octanol–water partition coefficient (Wildman–Crippen LogP) is 2.80. The molecule has 0 saturated heterocycles. The van der Waals surface area contributed by atoms with Gasteiger partial charge in [-0.25, -0.2) is 0 Å². The molecule has 0 bridgehead atoms. The molecule has 2 rings (SSSR count). The van der Waals surface area contributed by atoms with Crippen molar-refractivity contribution in [2.24, 2.45) is 0 Å². The Morgan fingerprint density at radius 2 is 1.94 bits per heavy atom. The number of halogens is 1. The molecule has 1 aromatic carbocycles. The van der Waals surface area contributed by atoms with E-state index in [0.717, 1.165) is 15.6 Å². The van der Waals surface area contributed by atoms with Gasteiger partial charge in [0.1, 0.15) is 6.10 Å². The van der Waals surface area contributed by atoms with Crippen LogP contribution in [0.1, 0.15) is 22.8 Å². The molecule has 1 aromatic heterocycles. The van der Waals surface area contributed by atoms with Crippen LogP contribution in [0, 0.1) is 11.3 Å². The summed E-state index contributed by atoms with van der Waals surface area (Å²) in [5, 5.41) is 18.9. The Labute approximate surface area is 107 Å². The molecule has 0 aliphatic rings. The Morgan fingerprint density at radius 3 is 2.53 bits per heavy atom. The number of pyridine rings is 1. The summed E-state index contributed by atoms with van der Waals surface area (Å²) in [5.74, 6) is 0. The van der Waals surface area contributed by atoms with Gasteiger partial charge in [-0.2, -0.15) is 5.26 Å². The average Bonchev–Trinajstić information content (AvgIpc) is 2.39. The van der Waals surface area contributed by atoms with Crippen LogP contribution in [-0.2, 0) is 0 Å². The minimum absolute atomic E-state index is 0.578. The summed E-state index contributed by atoms with van der Waals surface area (Å²) in [6.45, 7) is 0. The van der Waals surface area contributed by atoms with Crippen molar-refractivity contribution >= 4 is 15.9 Å². The summed E-state index contributed by atoms with van der Waals surface area (Å²) in [6.07, 6.45) is 2.55. The highest BCUT2D eigenvalue weighted by molar-refractivity contribution is 9.10. The van der Waals surface area contributed by atoms with E-state index in [1.54, 1.807) is 42.7 Å². The fourth-order valence-electron chi connectivity index (χ4n) is 1.53. The molecule has 3 nitrogen and oxygen atoms in total. The molecule has 4 heteroatoms. The first kappa shape index (κ1) is 11.8. The van der Waals surface area contributed by atoms with Gasteiger partial charge in [0.15, 0.2) is 0 Å². The van der Waals surface area contributed by atoms with Crippen molar-refractivity contribution in [3.63, 3.8) is 0 Å². The van der Waals surface area contributed by atoms with Crippen LogP contribution in [0.25, 0.3) is 0 Å². The van der Waals surface area contributed by atoms with Gasteiger partial charge in [-0.1, -0.05) is 12.1 Å². The number of benzene rings is 1. The van der Waals surface area contributed by atoms with Crippen molar-refractivity contribution in [1.29, 1.82) is 5.26 Å². The molecular formula is C13H9BrN2O. The first-order chi connectivity index (χ1) is 8.22. The van der Waals surface area contributed by atoms with E-state index in [4.69, 9.17) is 5.26 Å². The van der Waals surface area contributed by atoms with Gasteiger partial charge in [-0.15, -0.1) is 0 Å². The summed E-state index contributed by atoms with van der Waals surface area (Å²) in [6, 6.07) is 10.7. The van der Waals surface area contributed by atoms with Crippen molar-refractivity contribution in [1.82, 2.24) is 4.98 Å². The smallest absolute Gasteiger partial charge is 0.105 e. The van der Waals surface area contributed by atoms with Crippen molar-refractivity contribution in [2.75, 3.05) is 0 Å². The molecule has 1 atom stereocenters. The third-order valence-corrected chi connectivity index (χ3v) is 3.12. The number of hydrogen-bond donors (Lipinski definition) is 1. The topological polar surface area (TPSA) is 56.9 Å². The van der Waals surface area contributed by atoms with Crippen molar-refractivity contribution in [2.45, 2.75) is 6.10 Å². The van der Waals surface area contributed by atoms with Gasteiger partial charge in [0.25, 0.3) is 0 Å². The van der Waals surface area contributed by atoms with Crippen LogP contribution in [0.2, 0.25) is 0 Å². The Hall–Kier alpha value is -1.70. The average molecular weight is 289 g/mol. The van der Waals surface area contributed by atoms with Crippen molar-refractivity contribution < 1.29 is 5.11 Å². The highest BCUT2D eigenvalue weighted by Gasteiger charge is 2.13. The maximum absolute atomic E-state index is 10.2. The normalized spacial score (nSPS) is 11.8. The number of rotatable bonds is 2. The number of aliphatic hydroxyl groups excluding tert-OH is 1. The SMILES string of the molecule is N#Cc1ccc(C(O)c2ccncc2Br)cc1. The minimum atomic E-state index is -0.722. The Bertz CT molecular complexity index is 560. The van der Waals surface area contributed by atoms with Gasteiger partial charge in [-0.05, 0) is 39.7 Å². The van der Waals surface area contributed by atoms with Crippen molar-refractivity contribution in [3.05, 3.63) is 63.9 Å². The summed E-state index contributed by atoms with van der Waals surface area (Å²) in [4.78, 5) is 3.95. The maximum atomic E-state index is 10.2. The first-order valence-corrected chi connectivity index (χ1v) is 5.79. The second-order valence-electron chi connectivity index (χ2n) is 3.53. The van der Waals surface area contributed by atoms with E-state index < -0.39 is 6.10 Å². The zero-order chi connectivity index (χ0) is 12.3. The zero-order valence-corrected chi connectivity index (χ0v) is 10.4. The molecular weight excluding hydrogens is 280 g/mol. The molecule has 17 heavy (non-hydrogen) atoms. The summed E-state index contributed by atoms with van der Waals surface area (Å²) in [7, 11) is 0.